The Labute approximate surface area is 136 Å². The third kappa shape index (κ3) is 4.86. The molecule has 0 bridgehead atoms. The fourth-order valence-corrected chi connectivity index (χ4v) is 1.98. The number of ether oxygens (including phenoxy) is 1. The second-order valence-electron chi connectivity index (χ2n) is 4.53. The van der Waals surface area contributed by atoms with Gasteiger partial charge in [-0.05, 0) is 48.0 Å². The summed E-state index contributed by atoms with van der Waals surface area (Å²) in [6.45, 7) is -0.184. The summed E-state index contributed by atoms with van der Waals surface area (Å²) in [4.78, 5) is 22.7. The van der Waals surface area contributed by atoms with Crippen molar-refractivity contribution in [3.63, 3.8) is 0 Å². The van der Waals surface area contributed by atoms with Crippen LogP contribution in [0.15, 0.2) is 59.1 Å². The minimum atomic E-state index is -0.544. The Hall–Kier alpha value is -2.40. The Kier molecular flexibility index (Phi) is 5.49. The first-order chi connectivity index (χ1) is 10.5. The first kappa shape index (κ1) is 16.0. The van der Waals surface area contributed by atoms with Crippen molar-refractivity contribution in [2.75, 3.05) is 6.61 Å². The molecule has 0 aromatic heterocycles. The van der Waals surface area contributed by atoms with Gasteiger partial charge in [0.05, 0.1) is 0 Å². The number of rotatable bonds is 6. The summed E-state index contributed by atoms with van der Waals surface area (Å²) in [6, 6.07) is 14.2. The summed E-state index contributed by atoms with van der Waals surface area (Å²) in [5.74, 6) is -0.158. The predicted molar refractivity (Wildman–Crippen MR) is 88.6 cm³/mol. The van der Waals surface area contributed by atoms with Crippen LogP contribution in [0.2, 0.25) is 0 Å². The van der Waals surface area contributed by atoms with Crippen LogP contribution in [0.1, 0.15) is 15.9 Å². The number of halogens is 1. The number of carbonyl (C=O) groups excluding carboxylic acids is 2. The first-order valence-corrected chi connectivity index (χ1v) is 7.33. The van der Waals surface area contributed by atoms with E-state index in [-0.39, 0.29) is 12.4 Å². The SMILES string of the molecule is NC(=O)COc1ccc(C(=O)/C=C/c2ccc(Br)cc2)cc1. The average molecular weight is 360 g/mol. The maximum absolute atomic E-state index is 12.1. The molecular formula is C17H14BrNO3. The van der Waals surface area contributed by atoms with Gasteiger partial charge in [0.15, 0.2) is 12.4 Å². The summed E-state index contributed by atoms with van der Waals surface area (Å²) in [6.07, 6.45) is 3.27. The third-order valence-corrected chi connectivity index (χ3v) is 3.35. The van der Waals surface area contributed by atoms with E-state index in [1.54, 1.807) is 30.3 Å². The van der Waals surface area contributed by atoms with Gasteiger partial charge in [-0.25, -0.2) is 0 Å². The second-order valence-corrected chi connectivity index (χ2v) is 5.44. The quantitative estimate of drug-likeness (QED) is 0.635. The van der Waals surface area contributed by atoms with Crippen molar-refractivity contribution in [3.8, 4) is 5.75 Å². The number of nitrogens with two attached hydrogens (primary N) is 1. The van der Waals surface area contributed by atoms with Gasteiger partial charge in [-0.1, -0.05) is 34.1 Å². The maximum atomic E-state index is 12.1. The van der Waals surface area contributed by atoms with Gasteiger partial charge in [-0.15, -0.1) is 0 Å². The van der Waals surface area contributed by atoms with Crippen molar-refractivity contribution in [1.82, 2.24) is 0 Å². The molecule has 2 aromatic rings. The van der Waals surface area contributed by atoms with Crippen LogP contribution in [0.25, 0.3) is 6.08 Å². The van der Waals surface area contributed by atoms with Crippen LogP contribution in [0.5, 0.6) is 5.75 Å². The van der Waals surface area contributed by atoms with Crippen LogP contribution >= 0.6 is 15.9 Å². The zero-order valence-electron chi connectivity index (χ0n) is 11.7. The number of allylic oxidation sites excluding steroid dienone is 1. The summed E-state index contributed by atoms with van der Waals surface area (Å²) < 4.78 is 6.12. The molecule has 22 heavy (non-hydrogen) atoms. The van der Waals surface area contributed by atoms with Crippen molar-refractivity contribution >= 4 is 33.7 Å². The molecule has 0 spiro atoms. The molecule has 112 valence electrons. The molecule has 0 radical (unpaired) electrons. The van der Waals surface area contributed by atoms with E-state index in [1.807, 2.05) is 24.3 Å². The highest BCUT2D eigenvalue weighted by Crippen LogP contribution is 2.14. The maximum Gasteiger partial charge on any atom is 0.255 e. The summed E-state index contributed by atoms with van der Waals surface area (Å²) in [7, 11) is 0. The summed E-state index contributed by atoms with van der Waals surface area (Å²) in [5.41, 5.74) is 6.48. The number of primary amides is 1. The van der Waals surface area contributed by atoms with Crippen molar-refractivity contribution < 1.29 is 14.3 Å². The predicted octanol–water partition coefficient (Wildman–Crippen LogP) is 3.21. The Bertz CT molecular complexity index is 691. The van der Waals surface area contributed by atoms with E-state index in [0.29, 0.717) is 11.3 Å². The zero-order valence-corrected chi connectivity index (χ0v) is 13.2. The molecule has 0 saturated carbocycles. The first-order valence-electron chi connectivity index (χ1n) is 6.54. The largest absolute Gasteiger partial charge is 0.484 e. The van der Waals surface area contributed by atoms with E-state index >= 15 is 0 Å². The van der Waals surface area contributed by atoms with Gasteiger partial charge in [0, 0.05) is 10.0 Å². The lowest BCUT2D eigenvalue weighted by molar-refractivity contribution is -0.119. The average Bonchev–Trinajstić information content (AvgIpc) is 2.52. The van der Waals surface area contributed by atoms with Crippen molar-refractivity contribution in [3.05, 3.63) is 70.2 Å². The van der Waals surface area contributed by atoms with Gasteiger partial charge in [0.25, 0.3) is 5.91 Å². The lowest BCUT2D eigenvalue weighted by Crippen LogP contribution is -2.19. The fourth-order valence-electron chi connectivity index (χ4n) is 1.71. The normalized spacial score (nSPS) is 10.6. The molecular weight excluding hydrogens is 346 g/mol. The zero-order chi connectivity index (χ0) is 15.9. The van der Waals surface area contributed by atoms with Gasteiger partial charge in [-0.2, -0.15) is 0 Å². The highest BCUT2D eigenvalue weighted by Gasteiger charge is 2.03. The van der Waals surface area contributed by atoms with Crippen LogP contribution < -0.4 is 10.5 Å². The van der Waals surface area contributed by atoms with Gasteiger partial charge in [0.1, 0.15) is 5.75 Å². The van der Waals surface area contributed by atoms with Crippen LogP contribution in [-0.2, 0) is 4.79 Å². The molecule has 2 aromatic carbocycles. The standard InChI is InChI=1S/C17H14BrNO3/c18-14-6-1-12(2-7-14)3-10-16(20)13-4-8-15(9-5-13)22-11-17(19)21/h1-10H,11H2,(H2,19,21)/b10-3+. The fraction of sp³-hybridized carbons (Fsp3) is 0.0588. The van der Waals surface area contributed by atoms with Crippen LogP contribution in [0.3, 0.4) is 0 Å². The molecule has 0 aliphatic carbocycles. The van der Waals surface area contributed by atoms with E-state index in [2.05, 4.69) is 15.9 Å². The van der Waals surface area contributed by atoms with E-state index in [0.717, 1.165) is 10.0 Å². The van der Waals surface area contributed by atoms with Crippen LogP contribution in [-0.4, -0.2) is 18.3 Å². The second kappa shape index (κ2) is 7.56. The van der Waals surface area contributed by atoms with E-state index in [4.69, 9.17) is 10.5 Å². The molecule has 0 heterocycles. The van der Waals surface area contributed by atoms with Gasteiger partial charge >= 0.3 is 0 Å². The van der Waals surface area contributed by atoms with E-state index in [9.17, 15) is 9.59 Å². The summed E-state index contributed by atoms with van der Waals surface area (Å²) in [5, 5.41) is 0. The third-order valence-electron chi connectivity index (χ3n) is 2.82. The number of amides is 1. The molecule has 5 heteroatoms. The van der Waals surface area contributed by atoms with Crippen LogP contribution in [0.4, 0.5) is 0 Å². The molecule has 0 saturated heterocycles. The number of carbonyl (C=O) groups is 2. The Morgan fingerprint density at radius 1 is 1.05 bits per heavy atom. The Balaban J connectivity index is 2.00. The molecule has 2 N–H and O–H groups in total. The van der Waals surface area contributed by atoms with Crippen molar-refractivity contribution in [1.29, 1.82) is 0 Å². The minimum absolute atomic E-state index is 0.107. The van der Waals surface area contributed by atoms with E-state index in [1.165, 1.54) is 6.08 Å². The van der Waals surface area contributed by atoms with Gasteiger partial charge in [-0.3, -0.25) is 9.59 Å². The lowest BCUT2D eigenvalue weighted by Gasteiger charge is -2.03. The molecule has 4 nitrogen and oxygen atoms in total. The number of ketones is 1. The smallest absolute Gasteiger partial charge is 0.255 e. The monoisotopic (exact) mass is 359 g/mol. The highest BCUT2D eigenvalue weighted by atomic mass is 79.9. The highest BCUT2D eigenvalue weighted by molar-refractivity contribution is 9.10. The molecule has 1 amide bonds. The molecule has 0 fully saturated rings. The summed E-state index contributed by atoms with van der Waals surface area (Å²) >= 11 is 3.36. The van der Waals surface area contributed by atoms with Crippen LogP contribution in [0, 0.1) is 0 Å². The molecule has 0 aliphatic rings. The molecule has 0 aliphatic heterocycles. The number of hydrogen-bond acceptors (Lipinski definition) is 3. The Morgan fingerprint density at radius 2 is 1.68 bits per heavy atom. The van der Waals surface area contributed by atoms with Gasteiger partial charge < -0.3 is 10.5 Å². The number of benzene rings is 2. The molecule has 0 atom stereocenters. The van der Waals surface area contributed by atoms with E-state index < -0.39 is 5.91 Å². The van der Waals surface area contributed by atoms with Crippen molar-refractivity contribution in [2.24, 2.45) is 5.73 Å². The molecule has 0 unspecified atom stereocenters. The van der Waals surface area contributed by atoms with Gasteiger partial charge in [0.2, 0.25) is 0 Å². The lowest BCUT2D eigenvalue weighted by atomic mass is 10.1. The minimum Gasteiger partial charge on any atom is -0.484 e. The number of hydrogen-bond donors (Lipinski definition) is 1. The topological polar surface area (TPSA) is 69.4 Å². The Morgan fingerprint density at radius 3 is 2.27 bits per heavy atom. The molecule has 2 rings (SSSR count). The van der Waals surface area contributed by atoms with Crippen molar-refractivity contribution in [2.45, 2.75) is 0 Å².